The molecule has 0 aromatic heterocycles. The van der Waals surface area contributed by atoms with Crippen LogP contribution >= 0.6 is 0 Å². The van der Waals surface area contributed by atoms with Crippen molar-refractivity contribution in [2.24, 2.45) is 5.92 Å². The van der Waals surface area contributed by atoms with E-state index in [0.717, 1.165) is 0 Å². The molecule has 0 amide bonds. The number of aliphatic carboxylic acids is 1. The van der Waals surface area contributed by atoms with Gasteiger partial charge < -0.3 is 9.90 Å². The summed E-state index contributed by atoms with van der Waals surface area (Å²) in [5.41, 5.74) is 0.514. The third-order valence-corrected chi connectivity index (χ3v) is 4.65. The molecule has 0 fully saturated rings. The van der Waals surface area contributed by atoms with E-state index in [0.29, 0.717) is 18.4 Å². The van der Waals surface area contributed by atoms with Gasteiger partial charge in [0.1, 0.15) is 0 Å². The third kappa shape index (κ3) is 2.13. The Hall–Kier alpha value is -1.40. The highest BCUT2D eigenvalue weighted by atomic mass is 32.2. The zero-order valence-corrected chi connectivity index (χ0v) is 10.7. The van der Waals surface area contributed by atoms with E-state index in [1.54, 1.807) is 18.2 Å². The van der Waals surface area contributed by atoms with E-state index in [2.05, 4.69) is 4.72 Å². The predicted molar refractivity (Wildman–Crippen MR) is 62.9 cm³/mol. The molecule has 2 rings (SSSR count). The van der Waals surface area contributed by atoms with E-state index in [9.17, 15) is 18.3 Å². The average molecular weight is 268 g/mol. The molecule has 2 atom stereocenters. The second-order valence-electron chi connectivity index (χ2n) is 4.35. The first-order valence-electron chi connectivity index (χ1n) is 5.79. The highest BCUT2D eigenvalue weighted by Gasteiger charge is 2.38. The van der Waals surface area contributed by atoms with Crippen molar-refractivity contribution in [2.45, 2.75) is 30.7 Å². The lowest BCUT2D eigenvalue weighted by molar-refractivity contribution is -0.312. The van der Waals surface area contributed by atoms with Gasteiger partial charge in [-0.05, 0) is 18.1 Å². The second-order valence-corrected chi connectivity index (χ2v) is 6.03. The summed E-state index contributed by atoms with van der Waals surface area (Å²) in [4.78, 5) is 11.3. The molecule has 0 spiro atoms. The molecule has 1 aromatic carbocycles. The van der Waals surface area contributed by atoms with Crippen LogP contribution < -0.4 is 9.83 Å². The van der Waals surface area contributed by atoms with Gasteiger partial charge in [-0.3, -0.25) is 0 Å². The van der Waals surface area contributed by atoms with Gasteiger partial charge >= 0.3 is 0 Å². The molecule has 6 heteroatoms. The SMILES string of the molecule is CCCC(C(=O)[O-])C1NS(=O)(=O)c2ccccc21. The predicted octanol–water partition coefficient (Wildman–Crippen LogP) is 0.186. The standard InChI is InChI=1S/C12H15NO4S/c1-2-5-9(12(14)15)11-8-6-3-4-7-10(8)18(16,17)13-11/h3-4,6-7,9,11,13H,2,5H2,1H3,(H,14,15)/p-1. The Bertz CT molecular complexity index is 567. The van der Waals surface area contributed by atoms with Crippen LogP contribution in [0.4, 0.5) is 0 Å². The van der Waals surface area contributed by atoms with Gasteiger partial charge in [-0.2, -0.15) is 0 Å². The summed E-state index contributed by atoms with van der Waals surface area (Å²) in [6.07, 6.45) is 1.03. The number of carbonyl (C=O) groups is 1. The molecule has 0 saturated heterocycles. The topological polar surface area (TPSA) is 86.3 Å². The lowest BCUT2D eigenvalue weighted by Gasteiger charge is -2.24. The monoisotopic (exact) mass is 268 g/mol. The molecule has 1 heterocycles. The number of carboxylic acids is 1. The Morgan fingerprint density at radius 2 is 2.11 bits per heavy atom. The van der Waals surface area contributed by atoms with Gasteiger partial charge in [-0.1, -0.05) is 31.5 Å². The molecular weight excluding hydrogens is 254 g/mol. The van der Waals surface area contributed by atoms with Gasteiger partial charge in [0.2, 0.25) is 10.0 Å². The van der Waals surface area contributed by atoms with Gasteiger partial charge in [-0.25, -0.2) is 13.1 Å². The van der Waals surface area contributed by atoms with Crippen molar-refractivity contribution in [3.8, 4) is 0 Å². The summed E-state index contributed by atoms with van der Waals surface area (Å²) in [5, 5.41) is 11.2. The fraction of sp³-hybridized carbons (Fsp3) is 0.417. The number of carboxylic acid groups (broad SMARTS) is 1. The van der Waals surface area contributed by atoms with Gasteiger partial charge in [-0.15, -0.1) is 0 Å². The molecule has 0 radical (unpaired) electrons. The third-order valence-electron chi connectivity index (χ3n) is 3.13. The molecule has 0 saturated carbocycles. The molecule has 5 nitrogen and oxygen atoms in total. The van der Waals surface area contributed by atoms with Gasteiger partial charge in [0.15, 0.2) is 0 Å². The maximum atomic E-state index is 11.9. The molecule has 98 valence electrons. The first kappa shape index (κ1) is 13.0. The second kappa shape index (κ2) is 4.70. The van der Waals surface area contributed by atoms with Crippen LogP contribution in [0.5, 0.6) is 0 Å². The number of hydrogen-bond acceptors (Lipinski definition) is 4. The molecule has 18 heavy (non-hydrogen) atoms. The van der Waals surface area contributed by atoms with Gasteiger partial charge in [0, 0.05) is 11.9 Å². The first-order chi connectivity index (χ1) is 8.47. The molecule has 1 aliphatic heterocycles. The molecule has 1 N–H and O–H groups in total. The minimum Gasteiger partial charge on any atom is -0.550 e. The lowest BCUT2D eigenvalue weighted by Crippen LogP contribution is -2.39. The van der Waals surface area contributed by atoms with E-state index in [-0.39, 0.29) is 4.90 Å². The fourth-order valence-electron chi connectivity index (χ4n) is 2.31. The molecule has 1 aromatic rings. The zero-order valence-electron chi connectivity index (χ0n) is 9.92. The van der Waals surface area contributed by atoms with Crippen LogP contribution in [0.3, 0.4) is 0 Å². The quantitative estimate of drug-likeness (QED) is 0.844. The highest BCUT2D eigenvalue weighted by molar-refractivity contribution is 7.89. The van der Waals surface area contributed by atoms with E-state index in [1.165, 1.54) is 6.07 Å². The number of carbonyl (C=O) groups excluding carboxylic acids is 1. The summed E-state index contributed by atoms with van der Waals surface area (Å²) in [6, 6.07) is 5.72. The number of nitrogens with one attached hydrogen (secondary N) is 1. The van der Waals surface area contributed by atoms with E-state index >= 15 is 0 Å². The van der Waals surface area contributed by atoms with Crippen molar-refractivity contribution in [3.63, 3.8) is 0 Å². The number of benzene rings is 1. The van der Waals surface area contributed by atoms with Crippen LogP contribution in [0.15, 0.2) is 29.2 Å². The van der Waals surface area contributed by atoms with Crippen molar-refractivity contribution in [2.75, 3.05) is 0 Å². The molecular formula is C12H14NO4S-. The lowest BCUT2D eigenvalue weighted by atomic mass is 9.90. The normalized spacial score (nSPS) is 22.4. The summed E-state index contributed by atoms with van der Waals surface area (Å²) in [7, 11) is -3.59. The first-order valence-corrected chi connectivity index (χ1v) is 7.28. The molecule has 0 bridgehead atoms. The van der Waals surface area contributed by atoms with E-state index in [1.807, 2.05) is 6.92 Å². The largest absolute Gasteiger partial charge is 0.550 e. The Labute approximate surface area is 106 Å². The van der Waals surface area contributed by atoms with E-state index in [4.69, 9.17) is 0 Å². The zero-order chi connectivity index (χ0) is 13.3. The summed E-state index contributed by atoms with van der Waals surface area (Å²) in [5.74, 6) is -2.06. The van der Waals surface area contributed by atoms with Crippen molar-refractivity contribution >= 4 is 16.0 Å². The summed E-state index contributed by atoms with van der Waals surface area (Å²) < 4.78 is 26.2. The number of hydrogen-bond donors (Lipinski definition) is 1. The van der Waals surface area contributed by atoms with Gasteiger partial charge in [0.05, 0.1) is 10.9 Å². The average Bonchev–Trinajstić information content (AvgIpc) is 2.59. The smallest absolute Gasteiger partial charge is 0.241 e. The maximum Gasteiger partial charge on any atom is 0.241 e. The van der Waals surface area contributed by atoms with Crippen LogP contribution in [0, 0.1) is 5.92 Å². The Kier molecular flexibility index (Phi) is 3.41. The van der Waals surface area contributed by atoms with Crippen molar-refractivity contribution in [3.05, 3.63) is 29.8 Å². The number of fused-ring (bicyclic) bond motifs is 1. The van der Waals surface area contributed by atoms with Crippen LogP contribution in [0.2, 0.25) is 0 Å². The van der Waals surface area contributed by atoms with Crippen molar-refractivity contribution in [1.29, 1.82) is 0 Å². The highest BCUT2D eigenvalue weighted by Crippen LogP contribution is 2.36. The number of sulfonamides is 1. The molecule has 2 unspecified atom stereocenters. The minimum atomic E-state index is -3.59. The Balaban J connectivity index is 2.46. The van der Waals surface area contributed by atoms with E-state index < -0.39 is 28.0 Å². The number of rotatable bonds is 4. The minimum absolute atomic E-state index is 0.164. The van der Waals surface area contributed by atoms with Crippen molar-refractivity contribution < 1.29 is 18.3 Å². The summed E-state index contributed by atoms with van der Waals surface area (Å²) >= 11 is 0. The Morgan fingerprint density at radius 3 is 2.72 bits per heavy atom. The van der Waals surface area contributed by atoms with Gasteiger partial charge in [0.25, 0.3) is 0 Å². The molecule has 1 aliphatic rings. The summed E-state index contributed by atoms with van der Waals surface area (Å²) in [6.45, 7) is 1.85. The maximum absolute atomic E-state index is 11.9. The van der Waals surface area contributed by atoms with Crippen LogP contribution in [-0.4, -0.2) is 14.4 Å². The van der Waals surface area contributed by atoms with Crippen LogP contribution in [-0.2, 0) is 14.8 Å². The fourth-order valence-corrected chi connectivity index (χ4v) is 3.82. The van der Waals surface area contributed by atoms with Crippen LogP contribution in [0.1, 0.15) is 31.4 Å². The van der Waals surface area contributed by atoms with Crippen molar-refractivity contribution in [1.82, 2.24) is 4.72 Å². The molecule has 0 aliphatic carbocycles. The Morgan fingerprint density at radius 1 is 1.44 bits per heavy atom. The van der Waals surface area contributed by atoms with Crippen LogP contribution in [0.25, 0.3) is 0 Å².